The molecule has 1 aliphatic heterocycles. The van der Waals surface area contributed by atoms with Crippen LogP contribution in [0.1, 0.15) is 31.7 Å². The lowest BCUT2D eigenvalue weighted by Gasteiger charge is -2.37. The number of hydrogen-bond acceptors (Lipinski definition) is 8. The van der Waals surface area contributed by atoms with Crippen molar-refractivity contribution in [3.8, 4) is 22.1 Å². The SMILES string of the molecule is CC(CC(=O)O)N1CCN(Cc2ccc(-c3cc4nccc(Oc5ccc(NC(=O)NC6CC6)cc5F)c4s3)nc2)CC1. The number of urea groups is 1. The molecule has 10 nitrogen and oxygen atoms in total. The van der Waals surface area contributed by atoms with E-state index >= 15 is 0 Å². The summed E-state index contributed by atoms with van der Waals surface area (Å²) >= 11 is 1.48. The van der Waals surface area contributed by atoms with Crippen molar-refractivity contribution in [1.29, 1.82) is 0 Å². The van der Waals surface area contributed by atoms with Crippen LogP contribution in [0.25, 0.3) is 20.8 Å². The lowest BCUT2D eigenvalue weighted by atomic mass is 10.1. The molecule has 4 aromatic rings. The minimum Gasteiger partial charge on any atom is -0.481 e. The van der Waals surface area contributed by atoms with E-state index in [9.17, 15) is 14.0 Å². The molecule has 3 N–H and O–H groups in total. The van der Waals surface area contributed by atoms with Crippen molar-refractivity contribution in [3.63, 3.8) is 0 Å². The zero-order valence-corrected chi connectivity index (χ0v) is 24.6. The number of nitrogens with zero attached hydrogens (tertiary/aromatic N) is 4. The largest absolute Gasteiger partial charge is 0.481 e. The number of benzene rings is 1. The van der Waals surface area contributed by atoms with E-state index in [-0.39, 0.29) is 30.3 Å². The maximum atomic E-state index is 14.9. The van der Waals surface area contributed by atoms with E-state index in [1.807, 2.05) is 25.3 Å². The van der Waals surface area contributed by atoms with Gasteiger partial charge in [0.05, 0.1) is 27.2 Å². The number of ether oxygens (including phenoxy) is 1. The summed E-state index contributed by atoms with van der Waals surface area (Å²) in [5, 5.41) is 14.5. The first-order chi connectivity index (χ1) is 20.8. The number of halogens is 1. The van der Waals surface area contributed by atoms with E-state index in [0.717, 1.165) is 71.9 Å². The highest BCUT2D eigenvalue weighted by molar-refractivity contribution is 7.22. The number of carbonyl (C=O) groups is 2. The Balaban J connectivity index is 1.09. The molecule has 2 aliphatic rings. The second-order valence-corrected chi connectivity index (χ2v) is 12.1. The van der Waals surface area contributed by atoms with Gasteiger partial charge in [-0.05, 0) is 49.6 Å². The predicted octanol–water partition coefficient (Wildman–Crippen LogP) is 5.55. The molecule has 0 spiro atoms. The van der Waals surface area contributed by atoms with Gasteiger partial charge >= 0.3 is 12.0 Å². The molecule has 0 bridgehead atoms. The summed E-state index contributed by atoms with van der Waals surface area (Å²) in [6.45, 7) is 6.21. The number of amides is 2. The van der Waals surface area contributed by atoms with Gasteiger partial charge in [0.25, 0.3) is 0 Å². The Labute approximate surface area is 252 Å². The number of hydrogen-bond donors (Lipinski definition) is 3. The first-order valence-corrected chi connectivity index (χ1v) is 15.2. The molecule has 2 fully saturated rings. The number of pyridine rings is 2. The molecule has 12 heteroatoms. The number of fused-ring (bicyclic) bond motifs is 1. The number of aliphatic carboxylic acids is 1. The fourth-order valence-electron chi connectivity index (χ4n) is 5.15. The second-order valence-electron chi connectivity index (χ2n) is 11.1. The Bertz CT molecular complexity index is 1620. The van der Waals surface area contributed by atoms with Gasteiger partial charge in [-0.2, -0.15) is 0 Å². The van der Waals surface area contributed by atoms with E-state index in [1.54, 1.807) is 18.3 Å². The highest BCUT2D eigenvalue weighted by atomic mass is 32.1. The summed E-state index contributed by atoms with van der Waals surface area (Å²) in [5.41, 5.74) is 3.01. The van der Waals surface area contributed by atoms with Crippen LogP contribution in [0, 0.1) is 5.82 Å². The Morgan fingerprint density at radius 3 is 2.60 bits per heavy atom. The number of aromatic nitrogens is 2. The number of carbonyl (C=O) groups excluding carboxylic acids is 1. The van der Waals surface area contributed by atoms with Gasteiger partial charge in [-0.15, -0.1) is 11.3 Å². The Hall–Kier alpha value is -4.13. The van der Waals surface area contributed by atoms with Gasteiger partial charge in [-0.1, -0.05) is 6.07 Å². The number of piperazine rings is 1. The van der Waals surface area contributed by atoms with Crippen LogP contribution in [0.15, 0.2) is 54.9 Å². The number of nitrogens with one attached hydrogen (secondary N) is 2. The Morgan fingerprint density at radius 1 is 1.09 bits per heavy atom. The summed E-state index contributed by atoms with van der Waals surface area (Å²) < 4.78 is 21.6. The topological polar surface area (TPSA) is 120 Å². The van der Waals surface area contributed by atoms with Crippen molar-refractivity contribution >= 4 is 39.2 Å². The van der Waals surface area contributed by atoms with Gasteiger partial charge in [0.2, 0.25) is 0 Å². The van der Waals surface area contributed by atoms with E-state index in [2.05, 4.69) is 31.5 Å². The fraction of sp³-hybridized carbons (Fsp3) is 0.355. The second kappa shape index (κ2) is 12.6. The minimum atomic E-state index is -0.761. The highest BCUT2D eigenvalue weighted by Gasteiger charge is 2.24. The first kappa shape index (κ1) is 29.0. The molecular formula is C31H33FN6O4S. The van der Waals surface area contributed by atoms with Crippen LogP contribution in [0.3, 0.4) is 0 Å². The third kappa shape index (κ3) is 7.27. The molecule has 224 valence electrons. The van der Waals surface area contributed by atoms with Crippen molar-refractivity contribution in [2.24, 2.45) is 0 Å². The molecular weight excluding hydrogens is 571 g/mol. The zero-order valence-electron chi connectivity index (χ0n) is 23.8. The Morgan fingerprint density at radius 2 is 1.91 bits per heavy atom. The number of anilines is 1. The summed E-state index contributed by atoms with van der Waals surface area (Å²) in [6, 6.07) is 12.0. The van der Waals surface area contributed by atoms with Crippen LogP contribution in [-0.4, -0.2) is 75.1 Å². The molecule has 0 radical (unpaired) electrons. The monoisotopic (exact) mass is 604 g/mol. The minimum absolute atomic E-state index is 0.0372. The van der Waals surface area contributed by atoms with Gasteiger partial charge in [0.1, 0.15) is 5.75 Å². The molecule has 1 atom stereocenters. The molecule has 1 saturated heterocycles. The van der Waals surface area contributed by atoms with Crippen LogP contribution < -0.4 is 15.4 Å². The maximum Gasteiger partial charge on any atom is 0.319 e. The van der Waals surface area contributed by atoms with Crippen molar-refractivity contribution < 1.29 is 23.8 Å². The van der Waals surface area contributed by atoms with E-state index < -0.39 is 11.8 Å². The Kier molecular flexibility index (Phi) is 8.50. The predicted molar refractivity (Wildman–Crippen MR) is 163 cm³/mol. The number of carboxylic acid groups (broad SMARTS) is 1. The summed E-state index contributed by atoms with van der Waals surface area (Å²) in [7, 11) is 0. The lowest BCUT2D eigenvalue weighted by molar-refractivity contribution is -0.138. The normalized spacial score (nSPS) is 16.6. The average Bonchev–Trinajstić information content (AvgIpc) is 3.68. The first-order valence-electron chi connectivity index (χ1n) is 14.4. The molecule has 3 aromatic heterocycles. The summed E-state index contributed by atoms with van der Waals surface area (Å²) in [5.74, 6) is -0.807. The summed E-state index contributed by atoms with van der Waals surface area (Å²) in [6.07, 6.45) is 5.62. The highest BCUT2D eigenvalue weighted by Crippen LogP contribution is 2.39. The maximum absolute atomic E-state index is 14.9. The molecule has 2 amide bonds. The quantitative estimate of drug-likeness (QED) is 0.215. The molecule has 1 aromatic carbocycles. The summed E-state index contributed by atoms with van der Waals surface area (Å²) in [4.78, 5) is 37.7. The van der Waals surface area contributed by atoms with E-state index in [4.69, 9.17) is 14.8 Å². The molecule has 6 rings (SSSR count). The van der Waals surface area contributed by atoms with Crippen LogP contribution in [0.2, 0.25) is 0 Å². The smallest absolute Gasteiger partial charge is 0.319 e. The third-order valence-electron chi connectivity index (χ3n) is 7.68. The van der Waals surface area contributed by atoms with Crippen molar-refractivity contribution in [2.45, 2.75) is 44.8 Å². The van der Waals surface area contributed by atoms with Gasteiger partial charge in [-0.3, -0.25) is 24.6 Å². The van der Waals surface area contributed by atoms with Gasteiger partial charge in [0.15, 0.2) is 11.6 Å². The molecule has 43 heavy (non-hydrogen) atoms. The standard InChI is InChI=1S/C31H33FN6O4S/c1-19(14-29(39)40)38-12-10-37(11-13-38)18-20-2-6-24(34-17-20)28-16-25-30(43-28)27(8-9-33-25)42-26-7-5-22(15-23(26)32)36-31(41)35-21-3-4-21/h2,5-9,15-17,19,21H,3-4,10-14,18H2,1H3,(H,39,40)(H2,35,36,41). The van der Waals surface area contributed by atoms with E-state index in [0.29, 0.717) is 11.4 Å². The van der Waals surface area contributed by atoms with Crippen LogP contribution in [0.5, 0.6) is 11.5 Å². The molecule has 1 saturated carbocycles. The number of rotatable bonds is 10. The van der Waals surface area contributed by atoms with Crippen LogP contribution >= 0.6 is 11.3 Å². The van der Waals surface area contributed by atoms with E-state index in [1.165, 1.54) is 23.5 Å². The van der Waals surface area contributed by atoms with Crippen molar-refractivity contribution in [3.05, 3.63) is 66.2 Å². The van der Waals surface area contributed by atoms with Crippen molar-refractivity contribution in [1.82, 2.24) is 25.1 Å². The molecule has 1 unspecified atom stereocenters. The van der Waals surface area contributed by atoms with Crippen LogP contribution in [0.4, 0.5) is 14.9 Å². The van der Waals surface area contributed by atoms with Gasteiger partial charge < -0.3 is 20.5 Å². The zero-order chi connectivity index (χ0) is 29.9. The van der Waals surface area contributed by atoms with Gasteiger partial charge in [0, 0.05) is 75.0 Å². The lowest BCUT2D eigenvalue weighted by Crippen LogP contribution is -2.49. The van der Waals surface area contributed by atoms with Gasteiger partial charge in [-0.25, -0.2) is 9.18 Å². The number of thiophene rings is 1. The number of carboxylic acids is 1. The molecule has 4 heterocycles. The van der Waals surface area contributed by atoms with Crippen molar-refractivity contribution in [2.75, 3.05) is 31.5 Å². The fourth-order valence-corrected chi connectivity index (χ4v) is 6.19. The van der Waals surface area contributed by atoms with Crippen LogP contribution in [-0.2, 0) is 11.3 Å². The average molecular weight is 605 g/mol. The third-order valence-corrected chi connectivity index (χ3v) is 8.84. The molecule has 1 aliphatic carbocycles.